The Balaban J connectivity index is 1.71. The van der Waals surface area contributed by atoms with Crippen LogP contribution in [-0.4, -0.2) is 44.7 Å². The second-order valence-corrected chi connectivity index (χ2v) is 7.31. The molecule has 1 atom stereocenters. The van der Waals surface area contributed by atoms with E-state index in [1.165, 1.54) is 6.21 Å². The molecule has 1 aromatic rings. The number of nitrogens with zero attached hydrogens (tertiary/aromatic N) is 1. The molecule has 1 saturated heterocycles. The van der Waals surface area contributed by atoms with Gasteiger partial charge in [-0.05, 0) is 18.9 Å². The van der Waals surface area contributed by atoms with Crippen molar-refractivity contribution in [1.82, 2.24) is 5.32 Å². The summed E-state index contributed by atoms with van der Waals surface area (Å²) in [6.07, 6.45) is 1.98. The number of carbonyl (C=O) groups is 1. The quantitative estimate of drug-likeness (QED) is 0.639. The summed E-state index contributed by atoms with van der Waals surface area (Å²) in [5, 5.41) is 6.33. The molecule has 1 heterocycles. The highest BCUT2D eigenvalue weighted by Crippen LogP contribution is 2.10. The standard InChI is InChI=1S/C14H18N2O4S/c1-11-2-4-12(5-3-11)8-15-20-9-14(17)16-13-6-7-21(18,19)10-13/h2-5,8,13H,6-7,9-10H2,1H3,(H,16,17)/b15-8-/t13-/m1/s1. The fraction of sp³-hybridized carbons (Fsp3) is 0.429. The molecule has 1 fully saturated rings. The lowest BCUT2D eigenvalue weighted by Crippen LogP contribution is -2.37. The lowest BCUT2D eigenvalue weighted by Gasteiger charge is -2.09. The molecular weight excluding hydrogens is 292 g/mol. The van der Waals surface area contributed by atoms with Crippen LogP contribution >= 0.6 is 0 Å². The first-order chi connectivity index (χ1) is 9.94. The summed E-state index contributed by atoms with van der Waals surface area (Å²) in [7, 11) is -2.99. The Hall–Kier alpha value is -1.89. The number of oxime groups is 1. The van der Waals surface area contributed by atoms with Crippen molar-refractivity contribution in [2.24, 2.45) is 5.16 Å². The summed E-state index contributed by atoms with van der Waals surface area (Å²) in [5.74, 6) is -0.228. The summed E-state index contributed by atoms with van der Waals surface area (Å²) in [6.45, 7) is 1.77. The van der Waals surface area contributed by atoms with Gasteiger partial charge >= 0.3 is 0 Å². The van der Waals surface area contributed by atoms with Crippen LogP contribution in [0.15, 0.2) is 29.4 Å². The number of hydrogen-bond donors (Lipinski definition) is 1. The lowest BCUT2D eigenvalue weighted by atomic mass is 10.2. The summed E-state index contributed by atoms with van der Waals surface area (Å²) < 4.78 is 22.5. The van der Waals surface area contributed by atoms with Gasteiger partial charge in [-0.2, -0.15) is 0 Å². The third kappa shape index (κ3) is 5.18. The van der Waals surface area contributed by atoms with Crippen LogP contribution in [0.25, 0.3) is 0 Å². The molecule has 114 valence electrons. The third-order valence-corrected chi connectivity index (χ3v) is 4.91. The van der Waals surface area contributed by atoms with Gasteiger partial charge in [-0.3, -0.25) is 4.79 Å². The van der Waals surface area contributed by atoms with Crippen molar-refractivity contribution in [3.8, 4) is 0 Å². The maximum atomic E-state index is 11.6. The molecular formula is C14H18N2O4S. The van der Waals surface area contributed by atoms with Gasteiger partial charge in [-0.1, -0.05) is 35.0 Å². The van der Waals surface area contributed by atoms with Crippen LogP contribution in [0.4, 0.5) is 0 Å². The Kier molecular flexibility index (Phi) is 4.95. The first-order valence-electron chi connectivity index (χ1n) is 6.66. The van der Waals surface area contributed by atoms with Gasteiger partial charge in [0, 0.05) is 6.04 Å². The highest BCUT2D eigenvalue weighted by Gasteiger charge is 2.28. The Bertz CT molecular complexity index is 623. The number of carbonyl (C=O) groups excluding carboxylic acids is 1. The van der Waals surface area contributed by atoms with Crippen LogP contribution in [0.5, 0.6) is 0 Å². The average molecular weight is 310 g/mol. The lowest BCUT2D eigenvalue weighted by molar-refractivity contribution is -0.126. The van der Waals surface area contributed by atoms with Crippen molar-refractivity contribution in [3.63, 3.8) is 0 Å². The molecule has 1 aliphatic rings. The SMILES string of the molecule is Cc1ccc(/C=N\OCC(=O)N[C@@H]2CCS(=O)(=O)C2)cc1. The van der Waals surface area contributed by atoms with E-state index in [0.29, 0.717) is 6.42 Å². The number of nitrogens with one attached hydrogen (secondary N) is 1. The molecule has 21 heavy (non-hydrogen) atoms. The monoisotopic (exact) mass is 310 g/mol. The van der Waals surface area contributed by atoms with E-state index >= 15 is 0 Å². The predicted molar refractivity (Wildman–Crippen MR) is 79.9 cm³/mol. The van der Waals surface area contributed by atoms with E-state index < -0.39 is 9.84 Å². The van der Waals surface area contributed by atoms with Gasteiger partial charge in [0.2, 0.25) is 0 Å². The van der Waals surface area contributed by atoms with Crippen LogP contribution < -0.4 is 5.32 Å². The molecule has 6 nitrogen and oxygen atoms in total. The number of hydrogen-bond acceptors (Lipinski definition) is 5. The first kappa shape index (κ1) is 15.5. The van der Waals surface area contributed by atoms with Crippen LogP contribution in [-0.2, 0) is 19.5 Å². The number of amides is 1. The van der Waals surface area contributed by atoms with Crippen molar-refractivity contribution in [2.75, 3.05) is 18.1 Å². The topological polar surface area (TPSA) is 84.8 Å². The molecule has 0 aliphatic carbocycles. The molecule has 7 heteroatoms. The minimum atomic E-state index is -2.99. The van der Waals surface area contributed by atoms with Crippen molar-refractivity contribution in [2.45, 2.75) is 19.4 Å². The van der Waals surface area contributed by atoms with Crippen LogP contribution in [0.2, 0.25) is 0 Å². The predicted octanol–water partition coefficient (Wildman–Crippen LogP) is 0.649. The summed E-state index contributed by atoms with van der Waals surface area (Å²) in [6, 6.07) is 7.38. The van der Waals surface area contributed by atoms with Crippen molar-refractivity contribution in [1.29, 1.82) is 0 Å². The molecule has 0 aromatic heterocycles. The van der Waals surface area contributed by atoms with Crippen LogP contribution in [0.1, 0.15) is 17.5 Å². The van der Waals surface area contributed by atoms with E-state index in [4.69, 9.17) is 4.84 Å². The fourth-order valence-electron chi connectivity index (χ4n) is 2.02. The number of aryl methyl sites for hydroxylation is 1. The van der Waals surface area contributed by atoms with E-state index in [2.05, 4.69) is 10.5 Å². The smallest absolute Gasteiger partial charge is 0.261 e. The molecule has 1 aliphatic heterocycles. The van der Waals surface area contributed by atoms with Gasteiger partial charge < -0.3 is 10.2 Å². The normalized spacial score (nSPS) is 20.5. The first-order valence-corrected chi connectivity index (χ1v) is 8.48. The Morgan fingerprint density at radius 1 is 1.43 bits per heavy atom. The van der Waals surface area contributed by atoms with Gasteiger partial charge in [0.05, 0.1) is 17.7 Å². The zero-order chi connectivity index (χ0) is 15.3. The zero-order valence-electron chi connectivity index (χ0n) is 11.8. The number of benzene rings is 1. The molecule has 0 spiro atoms. The maximum Gasteiger partial charge on any atom is 0.261 e. The molecule has 0 radical (unpaired) electrons. The summed E-state index contributed by atoms with van der Waals surface area (Å²) >= 11 is 0. The molecule has 0 unspecified atom stereocenters. The third-order valence-electron chi connectivity index (χ3n) is 3.15. The number of rotatable bonds is 5. The van der Waals surface area contributed by atoms with Crippen molar-refractivity contribution >= 4 is 22.0 Å². The van der Waals surface area contributed by atoms with E-state index in [9.17, 15) is 13.2 Å². The average Bonchev–Trinajstić information content (AvgIpc) is 2.76. The van der Waals surface area contributed by atoms with Gasteiger partial charge in [0.15, 0.2) is 16.4 Å². The zero-order valence-corrected chi connectivity index (χ0v) is 12.6. The highest BCUT2D eigenvalue weighted by molar-refractivity contribution is 7.91. The minimum absolute atomic E-state index is 0.00533. The van der Waals surface area contributed by atoms with Gasteiger partial charge in [0.1, 0.15) is 0 Å². The van der Waals surface area contributed by atoms with Crippen LogP contribution in [0.3, 0.4) is 0 Å². The molecule has 1 aromatic carbocycles. The molecule has 0 saturated carbocycles. The van der Waals surface area contributed by atoms with E-state index in [0.717, 1.165) is 11.1 Å². The van der Waals surface area contributed by atoms with Crippen molar-refractivity contribution in [3.05, 3.63) is 35.4 Å². The second-order valence-electron chi connectivity index (χ2n) is 5.09. The van der Waals surface area contributed by atoms with Crippen LogP contribution in [0, 0.1) is 6.92 Å². The van der Waals surface area contributed by atoms with Crippen molar-refractivity contribution < 1.29 is 18.0 Å². The van der Waals surface area contributed by atoms with E-state index in [1.807, 2.05) is 31.2 Å². The van der Waals surface area contributed by atoms with Gasteiger partial charge in [-0.15, -0.1) is 0 Å². The minimum Gasteiger partial charge on any atom is -0.386 e. The fourth-order valence-corrected chi connectivity index (χ4v) is 3.70. The molecule has 1 N–H and O–H groups in total. The molecule has 0 bridgehead atoms. The van der Waals surface area contributed by atoms with E-state index in [1.54, 1.807) is 0 Å². The maximum absolute atomic E-state index is 11.6. The highest BCUT2D eigenvalue weighted by atomic mass is 32.2. The molecule has 1 amide bonds. The Labute approximate surface area is 124 Å². The largest absolute Gasteiger partial charge is 0.386 e. The summed E-state index contributed by atoms with van der Waals surface area (Å²) in [4.78, 5) is 16.5. The van der Waals surface area contributed by atoms with Gasteiger partial charge in [-0.25, -0.2) is 8.42 Å². The number of sulfone groups is 1. The molecule has 2 rings (SSSR count). The Morgan fingerprint density at radius 3 is 2.76 bits per heavy atom. The second kappa shape index (κ2) is 6.71. The van der Waals surface area contributed by atoms with Gasteiger partial charge in [0.25, 0.3) is 5.91 Å². The van der Waals surface area contributed by atoms with E-state index in [-0.39, 0.29) is 30.1 Å². The summed E-state index contributed by atoms with van der Waals surface area (Å²) in [5.41, 5.74) is 2.03. The Morgan fingerprint density at radius 2 is 2.14 bits per heavy atom.